The summed E-state index contributed by atoms with van der Waals surface area (Å²) in [4.78, 5) is 27.9. The second kappa shape index (κ2) is 9.44. The van der Waals surface area contributed by atoms with Gasteiger partial charge in [-0.25, -0.2) is 0 Å². The van der Waals surface area contributed by atoms with Crippen LogP contribution in [0.15, 0.2) is 53.5 Å². The molecule has 1 amide bonds. The van der Waals surface area contributed by atoms with Crippen LogP contribution >= 0.6 is 0 Å². The van der Waals surface area contributed by atoms with Gasteiger partial charge >= 0.3 is 0 Å². The number of fused-ring (bicyclic) bond motifs is 2. The molecule has 32 heavy (non-hydrogen) atoms. The van der Waals surface area contributed by atoms with Crippen LogP contribution in [0.5, 0.6) is 11.5 Å². The van der Waals surface area contributed by atoms with Crippen LogP contribution in [0.25, 0.3) is 10.9 Å². The average molecular weight is 436 g/mol. The third-order valence-corrected chi connectivity index (χ3v) is 5.93. The summed E-state index contributed by atoms with van der Waals surface area (Å²) < 4.78 is 13.3. The van der Waals surface area contributed by atoms with Crippen LogP contribution in [0.2, 0.25) is 0 Å². The van der Waals surface area contributed by atoms with Gasteiger partial charge in [-0.2, -0.15) is 0 Å². The van der Waals surface area contributed by atoms with Crippen molar-refractivity contribution < 1.29 is 14.3 Å². The lowest BCUT2D eigenvalue weighted by Gasteiger charge is -2.23. The molecule has 2 heterocycles. The van der Waals surface area contributed by atoms with Gasteiger partial charge in [0.2, 0.25) is 5.43 Å². The molecule has 7 heteroatoms. The highest BCUT2D eigenvalue weighted by molar-refractivity contribution is 5.97. The van der Waals surface area contributed by atoms with Gasteiger partial charge in [-0.05, 0) is 36.8 Å². The van der Waals surface area contributed by atoms with Crippen LogP contribution in [0.1, 0.15) is 29.3 Å². The summed E-state index contributed by atoms with van der Waals surface area (Å²) in [5.41, 5.74) is 1.78. The molecular weight excluding hydrogens is 406 g/mol. The number of methoxy groups -OCH3 is 1. The molecule has 4 rings (SSSR count). The molecule has 0 saturated heterocycles. The molecule has 7 nitrogen and oxygen atoms in total. The van der Waals surface area contributed by atoms with Crippen molar-refractivity contribution in [1.29, 1.82) is 0 Å². The van der Waals surface area contributed by atoms with E-state index >= 15 is 0 Å². The third kappa shape index (κ3) is 4.48. The maximum absolute atomic E-state index is 12.8. The van der Waals surface area contributed by atoms with E-state index in [-0.39, 0.29) is 23.0 Å². The Morgan fingerprint density at radius 1 is 1.25 bits per heavy atom. The number of aryl methyl sites for hydroxylation is 1. The molecule has 0 spiro atoms. The standard InChI is InChI=1S/C25H29N3O4/c1-4-18-15-28(14-17-13-19(31-3)9-10-23(17)32-18)12-11-26-25(30)21-16-27(2)22-8-6-5-7-20(22)24(21)29/h5-10,13,16,18H,4,11-12,14-15H2,1-3H3,(H,26,30). The van der Waals surface area contributed by atoms with Gasteiger partial charge in [0.25, 0.3) is 5.91 Å². The average Bonchev–Trinajstić information content (AvgIpc) is 2.99. The topological polar surface area (TPSA) is 72.8 Å². The monoisotopic (exact) mass is 435 g/mol. The third-order valence-electron chi connectivity index (χ3n) is 5.93. The van der Waals surface area contributed by atoms with Crippen LogP contribution < -0.4 is 20.2 Å². The van der Waals surface area contributed by atoms with Crippen molar-refractivity contribution in [2.24, 2.45) is 7.05 Å². The Balaban J connectivity index is 1.45. The fourth-order valence-electron chi connectivity index (χ4n) is 4.14. The summed E-state index contributed by atoms with van der Waals surface area (Å²) in [5, 5.41) is 3.46. The number of pyridine rings is 1. The molecule has 0 fully saturated rings. The zero-order valence-corrected chi connectivity index (χ0v) is 18.8. The molecule has 168 valence electrons. The first-order valence-corrected chi connectivity index (χ1v) is 10.9. The van der Waals surface area contributed by atoms with Crippen molar-refractivity contribution in [3.05, 3.63) is 70.0 Å². The van der Waals surface area contributed by atoms with E-state index in [1.807, 2.05) is 48.0 Å². The summed E-state index contributed by atoms with van der Waals surface area (Å²) in [5.74, 6) is 1.32. The van der Waals surface area contributed by atoms with Crippen molar-refractivity contribution in [1.82, 2.24) is 14.8 Å². The minimum Gasteiger partial charge on any atom is -0.497 e. The number of nitrogens with one attached hydrogen (secondary N) is 1. The van der Waals surface area contributed by atoms with Crippen molar-refractivity contribution >= 4 is 16.8 Å². The molecule has 1 aromatic heterocycles. The summed E-state index contributed by atoms with van der Waals surface area (Å²) in [6.45, 7) is 4.66. The number of rotatable bonds is 6. The number of para-hydroxylation sites is 1. The highest BCUT2D eigenvalue weighted by Gasteiger charge is 2.22. The fourth-order valence-corrected chi connectivity index (χ4v) is 4.14. The smallest absolute Gasteiger partial charge is 0.256 e. The zero-order valence-electron chi connectivity index (χ0n) is 18.8. The normalized spacial score (nSPS) is 16.2. The second-order valence-electron chi connectivity index (χ2n) is 8.11. The van der Waals surface area contributed by atoms with Gasteiger partial charge in [0.15, 0.2) is 0 Å². The van der Waals surface area contributed by atoms with Crippen molar-refractivity contribution in [2.45, 2.75) is 26.0 Å². The Hall–Kier alpha value is -3.32. The first-order chi connectivity index (χ1) is 15.5. The van der Waals surface area contributed by atoms with Gasteiger partial charge in [-0.1, -0.05) is 19.1 Å². The fraction of sp³-hybridized carbons (Fsp3) is 0.360. The molecule has 1 atom stereocenters. The van der Waals surface area contributed by atoms with Crippen molar-refractivity contribution in [3.63, 3.8) is 0 Å². The molecule has 0 aliphatic carbocycles. The lowest BCUT2D eigenvalue weighted by molar-refractivity contribution is 0.0941. The second-order valence-corrected chi connectivity index (χ2v) is 8.11. The van der Waals surface area contributed by atoms with Crippen LogP contribution in [-0.4, -0.2) is 48.2 Å². The van der Waals surface area contributed by atoms with Gasteiger partial charge < -0.3 is 19.4 Å². The zero-order chi connectivity index (χ0) is 22.7. The number of amides is 1. The van der Waals surface area contributed by atoms with Gasteiger partial charge in [-0.15, -0.1) is 0 Å². The van der Waals surface area contributed by atoms with Crippen LogP contribution in [-0.2, 0) is 13.6 Å². The van der Waals surface area contributed by atoms with Gasteiger partial charge in [0.1, 0.15) is 23.2 Å². The number of ether oxygens (including phenoxy) is 2. The first kappa shape index (κ1) is 21.9. The number of benzene rings is 2. The van der Waals surface area contributed by atoms with Crippen LogP contribution in [0.4, 0.5) is 0 Å². The van der Waals surface area contributed by atoms with Crippen molar-refractivity contribution in [3.8, 4) is 11.5 Å². The van der Waals surface area contributed by atoms with Crippen LogP contribution in [0, 0.1) is 0 Å². The summed E-state index contributed by atoms with van der Waals surface area (Å²) in [6, 6.07) is 13.2. The maximum Gasteiger partial charge on any atom is 0.256 e. The van der Waals surface area contributed by atoms with Gasteiger partial charge in [0, 0.05) is 50.4 Å². The molecule has 1 aliphatic heterocycles. The number of hydrogen-bond donors (Lipinski definition) is 1. The Kier molecular flexibility index (Phi) is 6.46. The molecule has 0 radical (unpaired) electrons. The maximum atomic E-state index is 12.8. The van der Waals surface area contributed by atoms with Gasteiger partial charge in [-0.3, -0.25) is 14.5 Å². The number of aromatic nitrogens is 1. The van der Waals surface area contributed by atoms with E-state index in [0.717, 1.165) is 35.5 Å². The van der Waals surface area contributed by atoms with E-state index in [4.69, 9.17) is 9.47 Å². The Morgan fingerprint density at radius 3 is 2.84 bits per heavy atom. The number of hydrogen-bond acceptors (Lipinski definition) is 5. The molecule has 2 aromatic carbocycles. The van der Waals surface area contributed by atoms with Gasteiger partial charge in [0.05, 0.1) is 12.6 Å². The molecule has 0 bridgehead atoms. The van der Waals surface area contributed by atoms with E-state index < -0.39 is 0 Å². The molecular formula is C25H29N3O4. The largest absolute Gasteiger partial charge is 0.497 e. The lowest BCUT2D eigenvalue weighted by Crippen LogP contribution is -2.39. The SMILES string of the molecule is CCC1CN(CCNC(=O)c2cn(C)c3ccccc3c2=O)Cc2cc(OC)ccc2O1. The first-order valence-electron chi connectivity index (χ1n) is 10.9. The molecule has 3 aromatic rings. The molecule has 1 N–H and O–H groups in total. The predicted octanol–water partition coefficient (Wildman–Crippen LogP) is 2.95. The highest BCUT2D eigenvalue weighted by atomic mass is 16.5. The molecule has 1 unspecified atom stereocenters. The minimum absolute atomic E-state index is 0.0770. The highest BCUT2D eigenvalue weighted by Crippen LogP contribution is 2.29. The van der Waals surface area contributed by atoms with E-state index in [2.05, 4.69) is 17.1 Å². The number of nitrogens with zero attached hydrogens (tertiary/aromatic N) is 2. The van der Waals surface area contributed by atoms with E-state index in [1.165, 1.54) is 0 Å². The van der Waals surface area contributed by atoms with Crippen LogP contribution in [0.3, 0.4) is 0 Å². The molecule has 1 aliphatic rings. The Labute approximate surface area is 187 Å². The van der Waals surface area contributed by atoms with E-state index in [1.54, 1.807) is 19.4 Å². The van der Waals surface area contributed by atoms with Crippen molar-refractivity contribution in [2.75, 3.05) is 26.7 Å². The predicted molar refractivity (Wildman–Crippen MR) is 125 cm³/mol. The summed E-state index contributed by atoms with van der Waals surface area (Å²) in [7, 11) is 3.49. The summed E-state index contributed by atoms with van der Waals surface area (Å²) in [6.07, 6.45) is 2.57. The lowest BCUT2D eigenvalue weighted by atomic mass is 10.1. The summed E-state index contributed by atoms with van der Waals surface area (Å²) >= 11 is 0. The minimum atomic E-state index is -0.350. The van der Waals surface area contributed by atoms with E-state index in [9.17, 15) is 9.59 Å². The Bertz CT molecular complexity index is 1190. The number of carbonyl (C=O) groups excluding carboxylic acids is 1. The molecule has 0 saturated carbocycles. The Morgan fingerprint density at radius 2 is 2.06 bits per heavy atom. The van der Waals surface area contributed by atoms with E-state index in [0.29, 0.717) is 25.0 Å². The number of carbonyl (C=O) groups is 1. The quantitative estimate of drug-likeness (QED) is 0.645.